The molecule has 0 bridgehead atoms. The van der Waals surface area contributed by atoms with Crippen LogP contribution in [0.15, 0.2) is 18.3 Å². The molecule has 0 radical (unpaired) electrons. The molecule has 0 aliphatic rings. The Bertz CT molecular complexity index is 712. The van der Waals surface area contributed by atoms with E-state index in [4.69, 9.17) is 5.73 Å². The lowest BCUT2D eigenvalue weighted by Crippen LogP contribution is -2.26. The number of rotatable bonds is 5. The lowest BCUT2D eigenvalue weighted by atomic mass is 10.3. The van der Waals surface area contributed by atoms with E-state index in [2.05, 4.69) is 15.3 Å². The highest BCUT2D eigenvalue weighted by molar-refractivity contribution is 7.12. The number of carbonyl (C=O) groups is 1. The average molecular weight is 421 g/mol. The highest BCUT2D eigenvalue weighted by Crippen LogP contribution is 2.36. The second-order valence-corrected chi connectivity index (χ2v) is 5.52. The van der Waals surface area contributed by atoms with Crippen molar-refractivity contribution in [2.45, 2.75) is 19.1 Å². The largest absolute Gasteiger partial charge is 0.427 e. The van der Waals surface area contributed by atoms with Gasteiger partial charge in [-0.3, -0.25) is 9.78 Å². The van der Waals surface area contributed by atoms with E-state index in [0.29, 0.717) is 11.3 Å². The van der Waals surface area contributed by atoms with Crippen LogP contribution in [0.5, 0.6) is 0 Å². The van der Waals surface area contributed by atoms with Crippen molar-refractivity contribution in [3.8, 4) is 0 Å². The number of halogens is 6. The Morgan fingerprint density at radius 3 is 2.56 bits per heavy atom. The first-order valence-corrected chi connectivity index (χ1v) is 7.29. The third kappa shape index (κ3) is 6.07. The smallest absolute Gasteiger partial charge is 0.345 e. The summed E-state index contributed by atoms with van der Waals surface area (Å²) >= 11 is 0.378. The maximum atomic E-state index is 13.4. The van der Waals surface area contributed by atoms with Crippen LogP contribution in [-0.4, -0.2) is 22.4 Å². The first-order chi connectivity index (χ1) is 10.8. The first kappa shape index (κ1) is 23.5. The molecule has 1 amide bonds. The molecule has 2 aromatic rings. The van der Waals surface area contributed by atoms with Gasteiger partial charge in [-0.2, -0.15) is 13.2 Å². The molecule has 0 atom stereocenters. The van der Waals surface area contributed by atoms with Crippen molar-refractivity contribution in [3.05, 3.63) is 45.4 Å². The van der Waals surface area contributed by atoms with E-state index in [0.717, 1.165) is 6.07 Å². The first-order valence-electron chi connectivity index (χ1n) is 6.47. The van der Waals surface area contributed by atoms with Crippen LogP contribution in [-0.2, 0) is 19.1 Å². The minimum absolute atomic E-state index is 0. The molecule has 2 aromatic heterocycles. The summed E-state index contributed by atoms with van der Waals surface area (Å²) in [7, 11) is 0. The Morgan fingerprint density at radius 2 is 2.00 bits per heavy atom. The van der Waals surface area contributed by atoms with Gasteiger partial charge in [-0.1, -0.05) is 0 Å². The van der Waals surface area contributed by atoms with E-state index in [9.17, 15) is 22.4 Å². The molecule has 0 unspecified atom stereocenters. The zero-order chi connectivity index (χ0) is 17.0. The number of nitrogens with zero attached hydrogens (tertiary/aromatic N) is 2. The highest BCUT2D eigenvalue weighted by Gasteiger charge is 2.39. The van der Waals surface area contributed by atoms with Crippen molar-refractivity contribution < 1.29 is 22.4 Å². The van der Waals surface area contributed by atoms with E-state index in [1.807, 2.05) is 0 Å². The number of aromatic nitrogens is 2. The normalized spacial score (nSPS) is 10.6. The van der Waals surface area contributed by atoms with Gasteiger partial charge >= 0.3 is 6.18 Å². The summed E-state index contributed by atoms with van der Waals surface area (Å²) < 4.78 is 52.3. The van der Waals surface area contributed by atoms with Gasteiger partial charge in [0, 0.05) is 12.6 Å². The molecule has 2 heterocycles. The van der Waals surface area contributed by atoms with Gasteiger partial charge in [0.05, 0.1) is 17.2 Å². The summed E-state index contributed by atoms with van der Waals surface area (Å²) in [4.78, 5) is 18.3. The molecule has 0 saturated heterocycles. The van der Waals surface area contributed by atoms with Crippen molar-refractivity contribution >= 4 is 42.1 Å². The van der Waals surface area contributed by atoms with Gasteiger partial charge in [-0.25, -0.2) is 9.37 Å². The molecule has 12 heteroatoms. The molecular formula is C13H14Cl2F4N4OS. The van der Waals surface area contributed by atoms with E-state index in [1.54, 1.807) is 0 Å². The van der Waals surface area contributed by atoms with Gasteiger partial charge in [0.15, 0.2) is 5.69 Å². The Labute approximate surface area is 156 Å². The monoisotopic (exact) mass is 420 g/mol. The molecule has 0 aliphatic carbocycles. The van der Waals surface area contributed by atoms with Crippen LogP contribution in [0.25, 0.3) is 0 Å². The number of alkyl halides is 3. The van der Waals surface area contributed by atoms with E-state index >= 15 is 0 Å². The molecule has 3 N–H and O–H groups in total. The lowest BCUT2D eigenvalue weighted by molar-refractivity contribution is -0.134. The molecule has 25 heavy (non-hydrogen) atoms. The van der Waals surface area contributed by atoms with Crippen molar-refractivity contribution in [1.29, 1.82) is 0 Å². The molecule has 0 aliphatic heterocycles. The van der Waals surface area contributed by atoms with Gasteiger partial charge in [0.1, 0.15) is 10.7 Å². The number of hydrogen-bond acceptors (Lipinski definition) is 5. The van der Waals surface area contributed by atoms with Crippen LogP contribution in [0, 0.1) is 5.82 Å². The van der Waals surface area contributed by atoms with E-state index in [1.165, 1.54) is 12.3 Å². The summed E-state index contributed by atoms with van der Waals surface area (Å²) in [5, 5.41) is 2.31. The number of amides is 1. The lowest BCUT2D eigenvalue weighted by Gasteiger charge is -2.07. The summed E-state index contributed by atoms with van der Waals surface area (Å²) in [5.74, 6) is -1.70. The third-order valence-corrected chi connectivity index (χ3v) is 3.91. The number of nitrogens with two attached hydrogens (primary N) is 1. The fraction of sp³-hybridized carbons (Fsp3) is 0.308. The van der Waals surface area contributed by atoms with Crippen LogP contribution in [0.4, 0.5) is 17.6 Å². The quantitative estimate of drug-likeness (QED) is 0.728. The number of nitrogens with one attached hydrogen (secondary N) is 1. The molecular weight excluding hydrogens is 407 g/mol. The molecule has 2 rings (SSSR count). The number of hydrogen-bond donors (Lipinski definition) is 2. The van der Waals surface area contributed by atoms with Gasteiger partial charge in [0.2, 0.25) is 0 Å². The number of thiazole rings is 1. The maximum Gasteiger partial charge on any atom is 0.427 e. The second-order valence-electron chi connectivity index (χ2n) is 4.44. The van der Waals surface area contributed by atoms with Crippen LogP contribution < -0.4 is 11.1 Å². The zero-order valence-electron chi connectivity index (χ0n) is 12.5. The van der Waals surface area contributed by atoms with Gasteiger partial charge in [-0.05, 0) is 18.7 Å². The Morgan fingerprint density at radius 1 is 1.32 bits per heavy atom. The van der Waals surface area contributed by atoms with E-state index < -0.39 is 28.5 Å². The zero-order valence-corrected chi connectivity index (χ0v) is 14.9. The second kappa shape index (κ2) is 9.85. The fourth-order valence-electron chi connectivity index (χ4n) is 1.74. The molecule has 0 saturated carbocycles. The topological polar surface area (TPSA) is 80.9 Å². The van der Waals surface area contributed by atoms with Crippen molar-refractivity contribution in [3.63, 3.8) is 0 Å². The van der Waals surface area contributed by atoms with Crippen molar-refractivity contribution in [2.24, 2.45) is 5.73 Å². The summed E-state index contributed by atoms with van der Waals surface area (Å²) in [6.07, 6.45) is -3.25. The predicted molar refractivity (Wildman–Crippen MR) is 89.7 cm³/mol. The van der Waals surface area contributed by atoms with Crippen LogP contribution in [0.2, 0.25) is 0 Å². The maximum absolute atomic E-state index is 13.4. The van der Waals surface area contributed by atoms with Crippen molar-refractivity contribution in [1.82, 2.24) is 15.3 Å². The fourth-order valence-corrected chi connectivity index (χ4v) is 2.68. The molecule has 5 nitrogen and oxygen atoms in total. The van der Waals surface area contributed by atoms with Crippen molar-refractivity contribution in [2.75, 3.05) is 6.54 Å². The summed E-state index contributed by atoms with van der Waals surface area (Å²) in [6.45, 7) is -0.225. The minimum Gasteiger partial charge on any atom is -0.345 e. The number of pyridine rings is 1. The molecule has 0 aromatic carbocycles. The highest BCUT2D eigenvalue weighted by atomic mass is 35.5. The van der Waals surface area contributed by atoms with Gasteiger partial charge in [-0.15, -0.1) is 36.2 Å². The van der Waals surface area contributed by atoms with Gasteiger partial charge < -0.3 is 11.1 Å². The Hall–Kier alpha value is -1.49. The SMILES string of the molecule is Cl.Cl.NCCc1nc(C(=O)NCc2ncccc2F)c(C(F)(F)F)s1. The third-order valence-electron chi connectivity index (χ3n) is 2.75. The van der Waals surface area contributed by atoms with E-state index in [-0.39, 0.29) is 55.0 Å². The molecule has 0 fully saturated rings. The average Bonchev–Trinajstić information content (AvgIpc) is 2.91. The number of carbonyl (C=O) groups excluding carboxylic acids is 1. The summed E-state index contributed by atoms with van der Waals surface area (Å²) in [5.41, 5.74) is 4.48. The standard InChI is InChI=1S/C13H12F4N4OS.2ClH/c14-7-2-1-5-19-8(7)6-20-12(22)10-11(13(15,16)17)23-9(21-10)3-4-18;;/h1-2,5H,3-4,6,18H2,(H,20,22);2*1H. The minimum atomic E-state index is -4.70. The Balaban J connectivity index is 0.00000288. The molecule has 0 spiro atoms. The summed E-state index contributed by atoms with van der Waals surface area (Å²) in [6, 6.07) is 2.50. The van der Waals surface area contributed by atoms with Crippen LogP contribution in [0.3, 0.4) is 0 Å². The molecule has 140 valence electrons. The Kier molecular flexibility index (Phi) is 9.27. The predicted octanol–water partition coefficient (Wildman–Crippen LogP) is 2.97. The van der Waals surface area contributed by atoms with Gasteiger partial charge in [0.25, 0.3) is 5.91 Å². The van der Waals surface area contributed by atoms with Crippen LogP contribution in [0.1, 0.15) is 26.1 Å². The van der Waals surface area contributed by atoms with Crippen LogP contribution >= 0.6 is 36.2 Å².